The fourth-order valence-electron chi connectivity index (χ4n) is 7.16. The number of aromatic nitrogens is 5. The van der Waals surface area contributed by atoms with Crippen LogP contribution in [0.3, 0.4) is 0 Å². The van der Waals surface area contributed by atoms with Gasteiger partial charge in [-0.05, 0) is 56.4 Å². The number of fused-ring (bicyclic) bond motifs is 1. The monoisotopic (exact) mass is 834 g/mol. The van der Waals surface area contributed by atoms with Crippen molar-refractivity contribution in [3.63, 3.8) is 0 Å². The predicted octanol–water partition coefficient (Wildman–Crippen LogP) is 2.78. The molecule has 1 saturated heterocycles. The van der Waals surface area contributed by atoms with E-state index in [4.69, 9.17) is 4.74 Å². The number of nitrogens with zero attached hydrogens (tertiary/aromatic N) is 6. The fourth-order valence-corrected chi connectivity index (χ4v) is 7.16. The Hall–Kier alpha value is -7.25. The van der Waals surface area contributed by atoms with Crippen LogP contribution >= 0.6 is 0 Å². The number of hydrogen-bond acceptors (Lipinski definition) is 14. The molecular weight excluding hydrogens is 789 g/mol. The summed E-state index contributed by atoms with van der Waals surface area (Å²) in [7, 11) is 2.98. The largest absolute Gasteiger partial charge is 0.494 e. The summed E-state index contributed by atoms with van der Waals surface area (Å²) >= 11 is 0. The van der Waals surface area contributed by atoms with Crippen LogP contribution in [0.4, 0.5) is 22.9 Å². The van der Waals surface area contributed by atoms with E-state index in [2.05, 4.69) is 52.2 Å². The highest BCUT2D eigenvalue weighted by Crippen LogP contribution is 2.38. The van der Waals surface area contributed by atoms with Crippen molar-refractivity contribution in [3.8, 4) is 17.1 Å². The van der Waals surface area contributed by atoms with Gasteiger partial charge in [-0.3, -0.25) is 48.5 Å². The molecule has 6 N–H and O–H groups in total. The van der Waals surface area contributed by atoms with E-state index in [1.807, 2.05) is 0 Å². The van der Waals surface area contributed by atoms with Crippen molar-refractivity contribution >= 4 is 64.2 Å². The molecule has 7 rings (SSSR count). The maximum absolute atomic E-state index is 13.3. The quantitative estimate of drug-likeness (QED) is 0.0587. The summed E-state index contributed by atoms with van der Waals surface area (Å²) in [5.41, 5.74) is 2.34. The first-order valence-corrected chi connectivity index (χ1v) is 20.2. The lowest BCUT2D eigenvalue weighted by Crippen LogP contribution is -2.54. The molecule has 1 atom stereocenters. The molecule has 2 fully saturated rings. The fraction of sp³-hybridized carbons (Fsp3) is 0.390. The average Bonchev–Trinajstić information content (AvgIpc) is 3.95. The van der Waals surface area contributed by atoms with Crippen LogP contribution in [0.1, 0.15) is 89.0 Å². The zero-order valence-electron chi connectivity index (χ0n) is 33.7. The van der Waals surface area contributed by atoms with Gasteiger partial charge in [0.05, 0.1) is 41.7 Å². The number of anilines is 4. The lowest BCUT2D eigenvalue weighted by Gasteiger charge is -2.27. The van der Waals surface area contributed by atoms with Crippen molar-refractivity contribution in [3.05, 3.63) is 65.6 Å². The molecule has 0 radical (unpaired) electrons. The maximum Gasteiger partial charge on any atom is 0.273 e. The van der Waals surface area contributed by atoms with Crippen LogP contribution in [0.2, 0.25) is 0 Å². The van der Waals surface area contributed by atoms with Crippen LogP contribution in [0.5, 0.6) is 5.75 Å². The molecule has 4 heterocycles. The van der Waals surface area contributed by atoms with Gasteiger partial charge in [-0.1, -0.05) is 25.0 Å². The summed E-state index contributed by atoms with van der Waals surface area (Å²) in [6.45, 7) is 1.25. The molecule has 1 unspecified atom stereocenters. The number of piperidine rings is 1. The second-order valence-corrected chi connectivity index (χ2v) is 14.8. The van der Waals surface area contributed by atoms with Crippen LogP contribution in [-0.2, 0) is 25.7 Å². The van der Waals surface area contributed by atoms with E-state index < -0.39 is 35.6 Å². The number of hydrogen-bond donors (Lipinski definition) is 6. The van der Waals surface area contributed by atoms with Gasteiger partial charge in [-0.2, -0.15) is 5.10 Å². The Bertz CT molecular complexity index is 2380. The number of carbonyl (C=O) groups excluding carboxylic acids is 7. The zero-order chi connectivity index (χ0) is 43.0. The van der Waals surface area contributed by atoms with Crippen molar-refractivity contribution in [1.82, 2.24) is 45.8 Å². The van der Waals surface area contributed by atoms with Gasteiger partial charge in [0.2, 0.25) is 23.6 Å². The minimum atomic E-state index is -1.02. The lowest BCUT2D eigenvalue weighted by atomic mass is 10.0. The number of carbonyl (C=O) groups is 7. The SMILES string of the molecule is CNC(=O)c1nnc(NC(=O)C2CC2)cc1Nc1cccc(-c2ncn(CCNC(=O)CCCCCCNc3cccc4c3C(=O)N(C3CCC(=O)NC3=O)C4=O)n2)c1OC. The van der Waals surface area contributed by atoms with Crippen LogP contribution in [0.25, 0.3) is 11.4 Å². The molecule has 2 aromatic carbocycles. The minimum Gasteiger partial charge on any atom is -0.494 e. The summed E-state index contributed by atoms with van der Waals surface area (Å²) in [6.07, 6.45) is 6.81. The number of benzene rings is 2. The summed E-state index contributed by atoms with van der Waals surface area (Å²) < 4.78 is 7.38. The molecule has 1 aliphatic carbocycles. The highest BCUT2D eigenvalue weighted by molar-refractivity contribution is 6.25. The molecule has 0 bridgehead atoms. The Balaban J connectivity index is 0.845. The highest BCUT2D eigenvalue weighted by atomic mass is 16.5. The number of unbranched alkanes of at least 4 members (excludes halogenated alkanes) is 3. The molecule has 318 valence electrons. The third kappa shape index (κ3) is 9.63. The minimum absolute atomic E-state index is 0.0200. The normalized spacial score (nSPS) is 15.8. The first-order chi connectivity index (χ1) is 29.6. The van der Waals surface area contributed by atoms with Crippen LogP contribution < -0.4 is 36.6 Å². The first kappa shape index (κ1) is 41.9. The summed E-state index contributed by atoms with van der Waals surface area (Å²) in [6, 6.07) is 10.8. The molecule has 3 aliphatic rings. The Kier molecular flexibility index (Phi) is 12.9. The third-order valence-electron chi connectivity index (χ3n) is 10.5. The van der Waals surface area contributed by atoms with E-state index in [1.165, 1.54) is 14.2 Å². The molecule has 2 aromatic heterocycles. The number of nitrogens with one attached hydrogen (secondary N) is 6. The second kappa shape index (κ2) is 18.8. The Morgan fingerprint density at radius 2 is 1.66 bits per heavy atom. The van der Waals surface area contributed by atoms with Gasteiger partial charge in [0.25, 0.3) is 17.7 Å². The van der Waals surface area contributed by atoms with E-state index in [0.29, 0.717) is 66.7 Å². The van der Waals surface area contributed by atoms with Gasteiger partial charge in [0.15, 0.2) is 23.1 Å². The third-order valence-corrected chi connectivity index (χ3v) is 10.5. The lowest BCUT2D eigenvalue weighted by molar-refractivity contribution is -0.136. The molecule has 4 aromatic rings. The van der Waals surface area contributed by atoms with Gasteiger partial charge in [-0.25, -0.2) is 4.98 Å². The molecule has 20 heteroatoms. The van der Waals surface area contributed by atoms with Crippen molar-refractivity contribution in [2.24, 2.45) is 5.92 Å². The van der Waals surface area contributed by atoms with Crippen LogP contribution in [0.15, 0.2) is 48.8 Å². The van der Waals surface area contributed by atoms with Gasteiger partial charge in [0, 0.05) is 50.7 Å². The van der Waals surface area contributed by atoms with Crippen molar-refractivity contribution in [2.45, 2.75) is 70.4 Å². The number of ether oxygens (including phenoxy) is 1. The van der Waals surface area contributed by atoms with Crippen molar-refractivity contribution in [1.29, 1.82) is 0 Å². The number of amides is 7. The van der Waals surface area contributed by atoms with E-state index in [9.17, 15) is 33.6 Å². The van der Waals surface area contributed by atoms with Crippen molar-refractivity contribution < 1.29 is 38.3 Å². The summed E-state index contributed by atoms with van der Waals surface area (Å²) in [4.78, 5) is 93.3. The van der Waals surface area contributed by atoms with E-state index >= 15 is 0 Å². The molecule has 2 aliphatic heterocycles. The maximum atomic E-state index is 13.3. The molecular formula is C41H46N12O8. The summed E-state index contributed by atoms with van der Waals surface area (Å²) in [5.74, 6) is -1.95. The topological polar surface area (TPSA) is 261 Å². The highest BCUT2D eigenvalue weighted by Gasteiger charge is 2.45. The molecule has 61 heavy (non-hydrogen) atoms. The second-order valence-electron chi connectivity index (χ2n) is 14.8. The Morgan fingerprint density at radius 3 is 2.41 bits per heavy atom. The Morgan fingerprint density at radius 1 is 0.885 bits per heavy atom. The smallest absolute Gasteiger partial charge is 0.273 e. The van der Waals surface area contributed by atoms with Crippen molar-refractivity contribution in [2.75, 3.05) is 43.2 Å². The molecule has 20 nitrogen and oxygen atoms in total. The number of rotatable bonds is 19. The summed E-state index contributed by atoms with van der Waals surface area (Å²) in [5, 5.41) is 29.5. The standard InChI is InChI=1S/C41H46N12O8/c1-42-39(58)34-28(21-30(49-50-34)47-37(56)23-14-15-23)46-27-12-8-10-25(35(27)61-2)36-45-22-52(51-36)20-19-44-31(54)13-5-3-4-6-18-43-26-11-7-9-24-33(26)41(60)53(40(24)59)29-16-17-32(55)48-38(29)57/h7-12,21-23,29,43H,3-6,13-20H2,1-2H3,(H,42,58)(H,44,54)(H,48,55,57)(H2,46,47,49,56). The van der Waals surface area contributed by atoms with Gasteiger partial charge >= 0.3 is 0 Å². The van der Waals surface area contributed by atoms with E-state index in [0.717, 1.165) is 37.0 Å². The predicted molar refractivity (Wildman–Crippen MR) is 220 cm³/mol. The van der Waals surface area contributed by atoms with Crippen LogP contribution in [-0.4, -0.2) is 105 Å². The van der Waals surface area contributed by atoms with E-state index in [-0.39, 0.29) is 53.2 Å². The zero-order valence-corrected chi connectivity index (χ0v) is 33.7. The van der Waals surface area contributed by atoms with E-state index in [1.54, 1.807) is 53.5 Å². The molecule has 1 saturated carbocycles. The Labute approximate surface area is 350 Å². The number of imide groups is 2. The first-order valence-electron chi connectivity index (χ1n) is 20.2. The molecule has 0 spiro atoms. The van der Waals surface area contributed by atoms with Gasteiger partial charge < -0.3 is 31.3 Å². The van der Waals surface area contributed by atoms with Gasteiger partial charge in [0.1, 0.15) is 12.4 Å². The van der Waals surface area contributed by atoms with Gasteiger partial charge in [-0.15, -0.1) is 10.2 Å². The number of para-hydroxylation sites is 1. The van der Waals surface area contributed by atoms with Crippen LogP contribution in [0, 0.1) is 5.92 Å². The molecule has 7 amide bonds. The average molecular weight is 835 g/mol. The number of methoxy groups -OCH3 is 1.